The van der Waals surface area contributed by atoms with Gasteiger partial charge in [0.1, 0.15) is 17.5 Å². The molecule has 0 saturated carbocycles. The first-order valence-electron chi connectivity index (χ1n) is 17.0. The van der Waals surface area contributed by atoms with Crippen molar-refractivity contribution in [1.29, 1.82) is 0 Å². The summed E-state index contributed by atoms with van der Waals surface area (Å²) in [7, 11) is 0. The van der Waals surface area contributed by atoms with Crippen LogP contribution in [0.1, 0.15) is 87.7 Å². The molecule has 3 aromatic rings. The Kier molecular flexibility index (Phi) is 13.7. The van der Waals surface area contributed by atoms with Gasteiger partial charge in [-0.25, -0.2) is 0 Å². The van der Waals surface area contributed by atoms with Crippen LogP contribution in [0.3, 0.4) is 0 Å². The second-order valence-electron chi connectivity index (χ2n) is 12.9. The number of unbranched alkanes of at least 4 members (excludes halogenated alkanes) is 4. The number of rotatable bonds is 18. The highest BCUT2D eigenvalue weighted by molar-refractivity contribution is 5.95. The zero-order chi connectivity index (χ0) is 34.5. The molecule has 4 rings (SSSR count). The topological polar surface area (TPSA) is 171 Å². The lowest BCUT2D eigenvalue weighted by Crippen LogP contribution is -2.51. The fourth-order valence-electron chi connectivity index (χ4n) is 6.11. The Bertz CT molecular complexity index is 1520. The van der Waals surface area contributed by atoms with E-state index in [1.807, 2.05) is 0 Å². The van der Waals surface area contributed by atoms with E-state index in [1.54, 1.807) is 30.3 Å². The van der Waals surface area contributed by atoms with Crippen molar-refractivity contribution in [1.82, 2.24) is 25.7 Å². The third-order valence-electron chi connectivity index (χ3n) is 9.04. The normalized spacial score (nSPS) is 15.0. The van der Waals surface area contributed by atoms with Crippen molar-refractivity contribution in [3.05, 3.63) is 76.0 Å². The molecule has 2 aromatic carbocycles. The summed E-state index contributed by atoms with van der Waals surface area (Å²) < 4.78 is 0. The standard InChI is InChI=1S/C36H48N6O6/c1-3-4-5-6-7-10-25(2)21-34(44)32(23-37-36(46)31-22-30(39-40-31)29-11-8-9-12-33(29)43)38-35(45)27-17-19-41(20-18-27)24-26-13-15-28(16-14-26)42(47)48/h8-9,11-16,22,25,27,32,43H,3-7,10,17-21,23-24H2,1-2H3,(H,37,46)(H,38,45)(H,39,40). The summed E-state index contributed by atoms with van der Waals surface area (Å²) in [5.41, 5.74) is 2.08. The minimum Gasteiger partial charge on any atom is -0.507 e. The number of ketones is 1. The number of H-pyrrole nitrogens is 1. The van der Waals surface area contributed by atoms with E-state index in [-0.39, 0.29) is 47.2 Å². The third-order valence-corrected chi connectivity index (χ3v) is 9.04. The Labute approximate surface area is 281 Å². The molecule has 0 aliphatic carbocycles. The second-order valence-corrected chi connectivity index (χ2v) is 12.9. The van der Waals surface area contributed by atoms with Gasteiger partial charge < -0.3 is 15.7 Å². The Morgan fingerprint density at radius 3 is 2.46 bits per heavy atom. The number of carbonyl (C=O) groups is 3. The predicted molar refractivity (Wildman–Crippen MR) is 183 cm³/mol. The smallest absolute Gasteiger partial charge is 0.269 e. The molecule has 2 atom stereocenters. The number of aromatic nitrogens is 2. The largest absolute Gasteiger partial charge is 0.507 e. The van der Waals surface area contributed by atoms with E-state index in [4.69, 9.17) is 0 Å². The average Bonchev–Trinajstić information content (AvgIpc) is 3.57. The lowest BCUT2D eigenvalue weighted by atomic mass is 9.92. The van der Waals surface area contributed by atoms with Gasteiger partial charge in [0.05, 0.1) is 10.6 Å². The minimum atomic E-state index is -0.873. The average molecular weight is 661 g/mol. The SMILES string of the molecule is CCCCCCCC(C)CC(=O)C(CNC(=O)c1cc(-c2ccccc2O)n[nH]1)NC(=O)C1CCN(Cc2ccc([N+](=O)[O-])cc2)CC1. The fourth-order valence-corrected chi connectivity index (χ4v) is 6.11. The van der Waals surface area contributed by atoms with Crippen LogP contribution in [0, 0.1) is 22.0 Å². The van der Waals surface area contributed by atoms with Crippen LogP contribution in [0.25, 0.3) is 11.3 Å². The number of para-hydroxylation sites is 1. The molecule has 1 aliphatic rings. The van der Waals surface area contributed by atoms with Gasteiger partial charge in [0.15, 0.2) is 5.78 Å². The number of nitrogens with zero attached hydrogens (tertiary/aromatic N) is 3. The molecule has 12 nitrogen and oxygen atoms in total. The number of Topliss-reactive ketones (excluding diaryl/α,β-unsaturated/α-hetero) is 1. The number of phenols is 1. The number of carbonyl (C=O) groups excluding carboxylic acids is 3. The highest BCUT2D eigenvalue weighted by atomic mass is 16.6. The molecule has 1 aromatic heterocycles. The van der Waals surface area contributed by atoms with Gasteiger partial charge in [-0.05, 0) is 55.6 Å². The molecule has 0 bridgehead atoms. The van der Waals surface area contributed by atoms with E-state index < -0.39 is 16.9 Å². The van der Waals surface area contributed by atoms with Crippen LogP contribution in [-0.2, 0) is 16.1 Å². The van der Waals surface area contributed by atoms with Crippen LogP contribution >= 0.6 is 0 Å². The molecule has 258 valence electrons. The van der Waals surface area contributed by atoms with Crippen LogP contribution in [0.5, 0.6) is 5.75 Å². The molecule has 2 unspecified atom stereocenters. The van der Waals surface area contributed by atoms with E-state index in [2.05, 4.69) is 39.6 Å². The van der Waals surface area contributed by atoms with Crippen LogP contribution < -0.4 is 10.6 Å². The summed E-state index contributed by atoms with van der Waals surface area (Å²) in [5.74, 6) is -0.854. The van der Waals surface area contributed by atoms with Gasteiger partial charge in [-0.15, -0.1) is 0 Å². The number of aromatic hydroxyl groups is 1. The molecular weight excluding hydrogens is 612 g/mol. The van der Waals surface area contributed by atoms with Gasteiger partial charge in [0.25, 0.3) is 11.6 Å². The van der Waals surface area contributed by atoms with Gasteiger partial charge in [-0.3, -0.25) is 34.5 Å². The maximum atomic E-state index is 13.5. The van der Waals surface area contributed by atoms with Gasteiger partial charge in [-0.1, -0.05) is 76.6 Å². The highest BCUT2D eigenvalue weighted by Gasteiger charge is 2.30. The summed E-state index contributed by atoms with van der Waals surface area (Å²) in [6.07, 6.45) is 8.23. The lowest BCUT2D eigenvalue weighted by molar-refractivity contribution is -0.384. The molecular formula is C36H48N6O6. The molecule has 1 fully saturated rings. The van der Waals surface area contributed by atoms with Crippen LogP contribution in [0.15, 0.2) is 54.6 Å². The van der Waals surface area contributed by atoms with E-state index in [1.165, 1.54) is 43.5 Å². The van der Waals surface area contributed by atoms with Crippen molar-refractivity contribution < 1.29 is 24.4 Å². The monoisotopic (exact) mass is 660 g/mol. The van der Waals surface area contributed by atoms with Gasteiger partial charge >= 0.3 is 0 Å². The first kappa shape index (κ1) is 36.3. The number of aromatic amines is 1. The maximum Gasteiger partial charge on any atom is 0.269 e. The predicted octanol–water partition coefficient (Wildman–Crippen LogP) is 5.77. The second kappa shape index (κ2) is 18.1. The van der Waals surface area contributed by atoms with Crippen molar-refractivity contribution in [2.45, 2.75) is 84.2 Å². The molecule has 12 heteroatoms. The van der Waals surface area contributed by atoms with E-state index in [9.17, 15) is 29.6 Å². The fraction of sp³-hybridized carbons (Fsp3) is 0.500. The van der Waals surface area contributed by atoms with Crippen molar-refractivity contribution in [3.8, 4) is 17.0 Å². The number of hydrogen-bond donors (Lipinski definition) is 4. The van der Waals surface area contributed by atoms with Gasteiger partial charge in [0, 0.05) is 43.1 Å². The van der Waals surface area contributed by atoms with Crippen molar-refractivity contribution in [2.24, 2.45) is 11.8 Å². The molecule has 1 saturated heterocycles. The molecule has 48 heavy (non-hydrogen) atoms. The summed E-state index contributed by atoms with van der Waals surface area (Å²) in [4.78, 5) is 52.8. The number of nitrogens with one attached hydrogen (secondary N) is 3. The highest BCUT2D eigenvalue weighted by Crippen LogP contribution is 2.27. The number of amides is 2. The lowest BCUT2D eigenvalue weighted by Gasteiger charge is -2.32. The number of benzene rings is 2. The third kappa shape index (κ3) is 10.7. The Balaban J connectivity index is 1.34. The summed E-state index contributed by atoms with van der Waals surface area (Å²) in [6, 6.07) is 13.9. The Morgan fingerprint density at radius 2 is 1.77 bits per heavy atom. The van der Waals surface area contributed by atoms with E-state index in [0.717, 1.165) is 24.8 Å². The molecule has 2 amide bonds. The first-order chi connectivity index (χ1) is 23.1. The van der Waals surface area contributed by atoms with Gasteiger partial charge in [0.2, 0.25) is 5.91 Å². The summed E-state index contributed by atoms with van der Waals surface area (Å²) in [5, 5.41) is 33.7. The van der Waals surface area contributed by atoms with E-state index >= 15 is 0 Å². The van der Waals surface area contributed by atoms with Crippen LogP contribution in [-0.4, -0.2) is 68.4 Å². The molecule has 2 heterocycles. The number of hydrogen-bond acceptors (Lipinski definition) is 8. The first-order valence-corrected chi connectivity index (χ1v) is 17.0. The zero-order valence-corrected chi connectivity index (χ0v) is 28.0. The maximum absolute atomic E-state index is 13.5. The zero-order valence-electron chi connectivity index (χ0n) is 28.0. The molecule has 4 N–H and O–H groups in total. The Hall–Kier alpha value is -4.58. The van der Waals surface area contributed by atoms with Crippen molar-refractivity contribution in [2.75, 3.05) is 19.6 Å². The van der Waals surface area contributed by atoms with Crippen LogP contribution in [0.2, 0.25) is 0 Å². The molecule has 0 spiro atoms. The number of likely N-dealkylation sites (tertiary alicyclic amines) is 1. The van der Waals surface area contributed by atoms with Crippen LogP contribution in [0.4, 0.5) is 5.69 Å². The molecule has 0 radical (unpaired) electrons. The number of non-ortho nitro benzene ring substituents is 1. The van der Waals surface area contributed by atoms with E-state index in [0.29, 0.717) is 50.2 Å². The quantitative estimate of drug-likeness (QED) is 0.0757. The Morgan fingerprint density at radius 1 is 1.06 bits per heavy atom. The number of nitro benzene ring substituents is 1. The minimum absolute atomic E-state index is 0.0426. The summed E-state index contributed by atoms with van der Waals surface area (Å²) in [6.45, 7) is 6.17. The molecule has 1 aliphatic heterocycles. The summed E-state index contributed by atoms with van der Waals surface area (Å²) >= 11 is 0. The van der Waals surface area contributed by atoms with Crippen molar-refractivity contribution in [3.63, 3.8) is 0 Å². The number of nitro groups is 1. The van der Waals surface area contributed by atoms with Gasteiger partial charge in [-0.2, -0.15) is 5.10 Å². The number of phenolic OH excluding ortho intramolecular Hbond substituents is 1. The van der Waals surface area contributed by atoms with Crippen molar-refractivity contribution >= 4 is 23.3 Å². The number of piperidine rings is 1.